The third kappa shape index (κ3) is 6.67. The smallest absolute Gasteiger partial charge is 0.416 e. The molecule has 2 aromatic carbocycles. The molecule has 1 saturated heterocycles. The Morgan fingerprint density at radius 1 is 1.03 bits per heavy atom. The van der Waals surface area contributed by atoms with Crippen LogP contribution in [-0.4, -0.2) is 48.1 Å². The van der Waals surface area contributed by atoms with E-state index in [1.807, 2.05) is 7.05 Å². The predicted octanol–water partition coefficient (Wildman–Crippen LogP) is 5.29. The number of alkyl halides is 3. The van der Waals surface area contributed by atoms with E-state index in [0.29, 0.717) is 29.9 Å². The second kappa shape index (κ2) is 10.6. The third-order valence-electron chi connectivity index (χ3n) is 6.07. The molecular formula is C26H27F3N4O4. The highest BCUT2D eigenvalue weighted by Crippen LogP contribution is 2.34. The minimum absolute atomic E-state index is 0.00529. The van der Waals surface area contributed by atoms with Gasteiger partial charge in [-0.2, -0.15) is 13.2 Å². The number of hydrogen-bond donors (Lipinski definition) is 2. The van der Waals surface area contributed by atoms with E-state index in [4.69, 9.17) is 9.26 Å². The number of anilines is 2. The maximum Gasteiger partial charge on any atom is 0.416 e. The van der Waals surface area contributed by atoms with Gasteiger partial charge in [0, 0.05) is 36.1 Å². The van der Waals surface area contributed by atoms with Gasteiger partial charge in [0.15, 0.2) is 5.69 Å². The second-order valence-corrected chi connectivity index (χ2v) is 9.13. The third-order valence-corrected chi connectivity index (χ3v) is 6.07. The minimum atomic E-state index is -4.65. The molecule has 0 bridgehead atoms. The lowest BCUT2D eigenvalue weighted by atomic mass is 10.1. The van der Waals surface area contributed by atoms with Crippen LogP contribution in [0.25, 0.3) is 0 Å². The molecule has 8 nitrogen and oxygen atoms in total. The lowest BCUT2D eigenvalue weighted by Gasteiger charge is -2.29. The number of piperidine rings is 1. The molecule has 11 heteroatoms. The van der Waals surface area contributed by atoms with E-state index in [1.165, 1.54) is 18.2 Å². The van der Waals surface area contributed by atoms with Gasteiger partial charge in [0.25, 0.3) is 11.8 Å². The van der Waals surface area contributed by atoms with E-state index in [0.717, 1.165) is 25.2 Å². The molecule has 0 aliphatic carbocycles. The number of nitrogens with zero attached hydrogens (tertiary/aromatic N) is 2. The first-order chi connectivity index (χ1) is 17.5. The number of nitrogens with one attached hydrogen (secondary N) is 2. The van der Waals surface area contributed by atoms with Crippen molar-refractivity contribution in [1.82, 2.24) is 10.1 Å². The molecule has 0 spiro atoms. The number of rotatable bonds is 6. The fourth-order valence-electron chi connectivity index (χ4n) is 3.95. The van der Waals surface area contributed by atoms with E-state index in [1.54, 1.807) is 26.0 Å². The summed E-state index contributed by atoms with van der Waals surface area (Å²) in [7, 11) is 1.97. The van der Waals surface area contributed by atoms with E-state index in [9.17, 15) is 22.8 Å². The maximum absolute atomic E-state index is 13.6. The first-order valence-electron chi connectivity index (χ1n) is 11.7. The molecule has 1 aromatic heterocycles. The molecule has 0 radical (unpaired) electrons. The quantitative estimate of drug-likeness (QED) is 0.462. The van der Waals surface area contributed by atoms with Gasteiger partial charge in [-0.25, -0.2) is 0 Å². The normalized spacial score (nSPS) is 14.9. The Hall–Kier alpha value is -3.86. The van der Waals surface area contributed by atoms with Crippen LogP contribution >= 0.6 is 0 Å². The number of aromatic nitrogens is 1. The zero-order valence-corrected chi connectivity index (χ0v) is 20.6. The molecule has 2 amide bonds. The van der Waals surface area contributed by atoms with Crippen molar-refractivity contribution in [3.63, 3.8) is 0 Å². The molecule has 4 rings (SSSR count). The van der Waals surface area contributed by atoms with Crippen LogP contribution in [0.4, 0.5) is 24.5 Å². The van der Waals surface area contributed by atoms with Crippen LogP contribution in [0, 0.1) is 13.8 Å². The zero-order chi connectivity index (χ0) is 26.7. The summed E-state index contributed by atoms with van der Waals surface area (Å²) in [5.41, 5.74) is 0.327. The molecule has 0 saturated carbocycles. The van der Waals surface area contributed by atoms with E-state index in [2.05, 4.69) is 20.7 Å². The molecule has 0 atom stereocenters. The van der Waals surface area contributed by atoms with Gasteiger partial charge in [0.2, 0.25) is 0 Å². The van der Waals surface area contributed by atoms with Crippen molar-refractivity contribution in [1.29, 1.82) is 0 Å². The number of carbonyl (C=O) groups is 2. The molecule has 2 N–H and O–H groups in total. The summed E-state index contributed by atoms with van der Waals surface area (Å²) in [6, 6.07) is 9.27. The van der Waals surface area contributed by atoms with Crippen LogP contribution in [0.1, 0.15) is 50.6 Å². The zero-order valence-electron chi connectivity index (χ0n) is 20.6. The minimum Gasteiger partial charge on any atom is -0.490 e. The Labute approximate surface area is 211 Å². The Morgan fingerprint density at radius 3 is 2.41 bits per heavy atom. The van der Waals surface area contributed by atoms with Gasteiger partial charge in [0.05, 0.1) is 5.56 Å². The van der Waals surface area contributed by atoms with Crippen LogP contribution in [0.2, 0.25) is 0 Å². The highest BCUT2D eigenvalue weighted by Gasteiger charge is 2.32. The van der Waals surface area contributed by atoms with Crippen LogP contribution in [0.5, 0.6) is 5.75 Å². The van der Waals surface area contributed by atoms with Gasteiger partial charge >= 0.3 is 6.18 Å². The molecule has 1 fully saturated rings. The van der Waals surface area contributed by atoms with Crippen LogP contribution in [-0.2, 0) is 6.18 Å². The monoisotopic (exact) mass is 516 g/mol. The molecule has 37 heavy (non-hydrogen) atoms. The molecule has 2 heterocycles. The summed E-state index contributed by atoms with van der Waals surface area (Å²) < 4.78 is 51.5. The highest BCUT2D eigenvalue weighted by atomic mass is 19.4. The van der Waals surface area contributed by atoms with Crippen molar-refractivity contribution in [2.24, 2.45) is 0 Å². The fraction of sp³-hybridized carbons (Fsp3) is 0.346. The fourth-order valence-corrected chi connectivity index (χ4v) is 3.95. The van der Waals surface area contributed by atoms with Crippen molar-refractivity contribution < 1.29 is 32.0 Å². The number of amides is 2. The summed E-state index contributed by atoms with van der Waals surface area (Å²) in [6.45, 7) is 4.97. The topological polar surface area (TPSA) is 96.7 Å². The largest absolute Gasteiger partial charge is 0.490 e. The molecular weight excluding hydrogens is 489 g/mol. The number of likely N-dealkylation sites (tertiary alicyclic amines) is 1. The first-order valence-corrected chi connectivity index (χ1v) is 11.7. The number of benzene rings is 2. The predicted molar refractivity (Wildman–Crippen MR) is 131 cm³/mol. The highest BCUT2D eigenvalue weighted by molar-refractivity contribution is 6.06. The van der Waals surface area contributed by atoms with Crippen molar-refractivity contribution >= 4 is 23.2 Å². The number of halogens is 3. The van der Waals surface area contributed by atoms with Crippen molar-refractivity contribution in [2.75, 3.05) is 30.8 Å². The van der Waals surface area contributed by atoms with Crippen LogP contribution in [0.3, 0.4) is 0 Å². The summed E-state index contributed by atoms with van der Waals surface area (Å²) >= 11 is 0. The van der Waals surface area contributed by atoms with Crippen LogP contribution < -0.4 is 15.4 Å². The molecule has 1 aliphatic heterocycles. The number of hydrogen-bond acceptors (Lipinski definition) is 6. The number of ether oxygens (including phenoxy) is 1. The maximum atomic E-state index is 13.6. The Morgan fingerprint density at radius 2 is 1.76 bits per heavy atom. The van der Waals surface area contributed by atoms with Gasteiger partial charge in [-0.3, -0.25) is 9.59 Å². The molecule has 1 aliphatic rings. The Kier molecular flexibility index (Phi) is 7.53. The van der Waals surface area contributed by atoms with Crippen molar-refractivity contribution in [3.05, 3.63) is 70.6 Å². The van der Waals surface area contributed by atoms with Crippen LogP contribution in [0.15, 0.2) is 47.0 Å². The summed E-state index contributed by atoms with van der Waals surface area (Å²) in [5, 5.41) is 8.97. The number of carbonyl (C=O) groups excluding carboxylic acids is 2. The lowest BCUT2D eigenvalue weighted by Crippen LogP contribution is -2.35. The van der Waals surface area contributed by atoms with Crippen molar-refractivity contribution in [2.45, 2.75) is 39.0 Å². The average Bonchev–Trinajstić information content (AvgIpc) is 3.28. The SMILES string of the molecule is Cc1cc(C(=O)Nc2cc(NC(=O)c3cc(OC4CCN(C)CC4)cc(C(F)(F)F)c3)ccc2C)no1. The van der Waals surface area contributed by atoms with Gasteiger partial charge in [-0.1, -0.05) is 11.2 Å². The summed E-state index contributed by atoms with van der Waals surface area (Å²) in [5.74, 6) is -0.776. The number of aryl methyl sites for hydroxylation is 2. The average molecular weight is 517 g/mol. The van der Waals surface area contributed by atoms with Crippen molar-refractivity contribution in [3.8, 4) is 5.75 Å². The van der Waals surface area contributed by atoms with E-state index < -0.39 is 23.6 Å². The van der Waals surface area contributed by atoms with Gasteiger partial charge < -0.3 is 24.8 Å². The second-order valence-electron chi connectivity index (χ2n) is 9.13. The summed E-state index contributed by atoms with van der Waals surface area (Å²) in [6.07, 6.45) is -3.52. The van der Waals surface area contributed by atoms with Gasteiger partial charge in [-0.15, -0.1) is 0 Å². The Balaban J connectivity index is 1.53. The molecule has 3 aromatic rings. The van der Waals surface area contributed by atoms with Gasteiger partial charge in [0.1, 0.15) is 17.6 Å². The van der Waals surface area contributed by atoms with E-state index >= 15 is 0 Å². The Bertz CT molecular complexity index is 1300. The van der Waals surface area contributed by atoms with E-state index in [-0.39, 0.29) is 28.8 Å². The molecule has 0 unspecified atom stereocenters. The van der Waals surface area contributed by atoms with Gasteiger partial charge in [-0.05, 0) is 69.6 Å². The summed E-state index contributed by atoms with van der Waals surface area (Å²) in [4.78, 5) is 27.5. The first kappa shape index (κ1) is 26.2. The lowest BCUT2D eigenvalue weighted by molar-refractivity contribution is -0.137. The standard InChI is InChI=1S/C26H27F3N4O4/c1-15-4-5-19(14-22(15)31-25(35)23-10-16(2)37-32-23)30-24(34)17-11-18(26(27,28)29)13-21(12-17)36-20-6-8-33(3)9-7-20/h4-5,10-14,20H,6-9H2,1-3H3,(H,30,34)(H,31,35). The molecule has 196 valence electrons.